The van der Waals surface area contributed by atoms with E-state index in [-0.39, 0.29) is 12.3 Å². The Bertz CT molecular complexity index is 786. The number of halogens is 2. The molecule has 0 aliphatic rings. The van der Waals surface area contributed by atoms with Gasteiger partial charge in [0.05, 0.1) is 5.56 Å². The Labute approximate surface area is 119 Å². The lowest BCUT2D eigenvalue weighted by Gasteiger charge is -1.99. The molecule has 0 aliphatic heterocycles. The fourth-order valence-corrected chi connectivity index (χ4v) is 1.96. The first-order valence-electron chi connectivity index (χ1n) is 6.25. The van der Waals surface area contributed by atoms with E-state index in [1.54, 1.807) is 24.3 Å². The summed E-state index contributed by atoms with van der Waals surface area (Å²) in [5.41, 5.74) is 7.26. The molecule has 0 amide bonds. The van der Waals surface area contributed by atoms with Crippen molar-refractivity contribution in [3.63, 3.8) is 0 Å². The summed E-state index contributed by atoms with van der Waals surface area (Å²) >= 11 is 0. The molecule has 0 atom stereocenters. The minimum Gasteiger partial charge on any atom is -0.398 e. The number of hydrogen-bond donors (Lipinski definition) is 1. The summed E-state index contributed by atoms with van der Waals surface area (Å²) in [6, 6.07) is 10.4. The smallest absolute Gasteiger partial charge is 0.260 e. The van der Waals surface area contributed by atoms with Gasteiger partial charge in [0.25, 0.3) is 5.89 Å². The standard InChI is InChI=1S/C15H11F2N3O/c16-10-6-5-9(12(17)8-10)7-14-19-15(21-20-14)11-3-1-2-4-13(11)18/h1-6,8H,7,18H2. The Hall–Kier alpha value is -2.76. The van der Waals surface area contributed by atoms with Gasteiger partial charge in [-0.3, -0.25) is 0 Å². The largest absolute Gasteiger partial charge is 0.398 e. The topological polar surface area (TPSA) is 64.9 Å². The maximum absolute atomic E-state index is 13.6. The highest BCUT2D eigenvalue weighted by atomic mass is 19.1. The first-order chi connectivity index (χ1) is 10.1. The lowest BCUT2D eigenvalue weighted by molar-refractivity contribution is 0.423. The van der Waals surface area contributed by atoms with Crippen LogP contribution in [0.15, 0.2) is 47.0 Å². The summed E-state index contributed by atoms with van der Waals surface area (Å²) in [5.74, 6) is -0.688. The lowest BCUT2D eigenvalue weighted by atomic mass is 10.1. The number of nitrogens with zero attached hydrogens (tertiary/aromatic N) is 2. The predicted molar refractivity (Wildman–Crippen MR) is 73.3 cm³/mol. The van der Waals surface area contributed by atoms with Gasteiger partial charge in [-0.1, -0.05) is 23.4 Å². The van der Waals surface area contributed by atoms with Crippen molar-refractivity contribution in [3.8, 4) is 11.5 Å². The zero-order valence-electron chi connectivity index (χ0n) is 10.9. The van der Waals surface area contributed by atoms with Crippen molar-refractivity contribution in [2.75, 3.05) is 5.73 Å². The summed E-state index contributed by atoms with van der Waals surface area (Å²) in [6.07, 6.45) is 0.113. The average molecular weight is 287 g/mol. The van der Waals surface area contributed by atoms with Crippen LogP contribution in [0.25, 0.3) is 11.5 Å². The monoisotopic (exact) mass is 287 g/mol. The highest BCUT2D eigenvalue weighted by Gasteiger charge is 2.13. The van der Waals surface area contributed by atoms with Crippen LogP contribution in [0.2, 0.25) is 0 Å². The third-order valence-corrected chi connectivity index (χ3v) is 3.02. The number of para-hydroxylation sites is 1. The van der Waals surface area contributed by atoms with Crippen molar-refractivity contribution < 1.29 is 13.3 Å². The average Bonchev–Trinajstić information content (AvgIpc) is 2.91. The van der Waals surface area contributed by atoms with Crippen LogP contribution in [0.4, 0.5) is 14.5 Å². The van der Waals surface area contributed by atoms with Gasteiger partial charge >= 0.3 is 0 Å². The van der Waals surface area contributed by atoms with Crippen LogP contribution >= 0.6 is 0 Å². The Balaban J connectivity index is 1.87. The van der Waals surface area contributed by atoms with Gasteiger partial charge in [-0.25, -0.2) is 8.78 Å². The van der Waals surface area contributed by atoms with Gasteiger partial charge in [0.2, 0.25) is 0 Å². The van der Waals surface area contributed by atoms with Gasteiger partial charge in [0, 0.05) is 18.2 Å². The number of nitrogen functional groups attached to an aromatic ring is 1. The molecule has 0 spiro atoms. The van der Waals surface area contributed by atoms with E-state index in [9.17, 15) is 8.78 Å². The minimum atomic E-state index is -0.638. The molecule has 4 nitrogen and oxygen atoms in total. The van der Waals surface area contributed by atoms with Crippen molar-refractivity contribution in [2.24, 2.45) is 0 Å². The highest BCUT2D eigenvalue weighted by molar-refractivity contribution is 5.69. The molecule has 0 bridgehead atoms. The molecule has 0 aliphatic carbocycles. The fourth-order valence-electron chi connectivity index (χ4n) is 1.96. The van der Waals surface area contributed by atoms with Crippen LogP contribution in [0.1, 0.15) is 11.4 Å². The molecule has 1 aromatic heterocycles. The number of hydrogen-bond acceptors (Lipinski definition) is 4. The summed E-state index contributed by atoms with van der Waals surface area (Å²) in [7, 11) is 0. The van der Waals surface area contributed by atoms with Crippen LogP contribution < -0.4 is 5.73 Å². The zero-order chi connectivity index (χ0) is 14.8. The number of benzene rings is 2. The van der Waals surface area contributed by atoms with Gasteiger partial charge in [-0.2, -0.15) is 4.98 Å². The molecule has 106 valence electrons. The number of anilines is 1. The summed E-state index contributed by atoms with van der Waals surface area (Å²) in [4.78, 5) is 4.18. The van der Waals surface area contributed by atoms with E-state index in [1.165, 1.54) is 12.1 Å². The molecule has 0 saturated heterocycles. The van der Waals surface area contributed by atoms with Crippen LogP contribution in [0.5, 0.6) is 0 Å². The SMILES string of the molecule is Nc1ccccc1-c1nc(Cc2ccc(F)cc2F)no1. The van der Waals surface area contributed by atoms with Crippen LogP contribution in [0.3, 0.4) is 0 Å². The maximum Gasteiger partial charge on any atom is 0.260 e. The molecule has 1 heterocycles. The Morgan fingerprint density at radius 3 is 2.67 bits per heavy atom. The van der Waals surface area contributed by atoms with Gasteiger partial charge in [-0.05, 0) is 23.8 Å². The Morgan fingerprint density at radius 2 is 1.90 bits per heavy atom. The van der Waals surface area contributed by atoms with Crippen LogP contribution in [-0.4, -0.2) is 10.1 Å². The molecule has 0 radical (unpaired) electrons. The van der Waals surface area contributed by atoms with Crippen molar-refractivity contribution in [2.45, 2.75) is 6.42 Å². The molecule has 6 heteroatoms. The second kappa shape index (κ2) is 5.32. The molecule has 0 unspecified atom stereocenters. The van der Waals surface area contributed by atoms with Crippen molar-refractivity contribution in [1.82, 2.24) is 10.1 Å². The maximum atomic E-state index is 13.6. The molecular formula is C15H11F2N3O. The highest BCUT2D eigenvalue weighted by Crippen LogP contribution is 2.24. The lowest BCUT2D eigenvalue weighted by Crippen LogP contribution is -1.96. The number of aromatic nitrogens is 2. The predicted octanol–water partition coefficient (Wildman–Crippen LogP) is 3.19. The molecule has 3 rings (SSSR count). The zero-order valence-corrected chi connectivity index (χ0v) is 10.9. The number of rotatable bonds is 3. The second-order valence-electron chi connectivity index (χ2n) is 4.52. The molecule has 2 aromatic carbocycles. The summed E-state index contributed by atoms with van der Waals surface area (Å²) < 4.78 is 31.6. The van der Waals surface area contributed by atoms with E-state index in [2.05, 4.69) is 10.1 Å². The molecule has 0 fully saturated rings. The summed E-state index contributed by atoms with van der Waals surface area (Å²) in [6.45, 7) is 0. The third-order valence-electron chi connectivity index (χ3n) is 3.02. The van der Waals surface area contributed by atoms with Gasteiger partial charge in [0.1, 0.15) is 11.6 Å². The van der Waals surface area contributed by atoms with Crippen LogP contribution in [-0.2, 0) is 6.42 Å². The van der Waals surface area contributed by atoms with Crippen molar-refractivity contribution in [1.29, 1.82) is 0 Å². The van der Waals surface area contributed by atoms with Gasteiger partial charge < -0.3 is 10.3 Å². The molecular weight excluding hydrogens is 276 g/mol. The van der Waals surface area contributed by atoms with Crippen molar-refractivity contribution >= 4 is 5.69 Å². The Kier molecular flexibility index (Phi) is 3.35. The molecule has 2 N–H and O–H groups in total. The first-order valence-corrected chi connectivity index (χ1v) is 6.25. The molecule has 3 aromatic rings. The van der Waals surface area contributed by atoms with Gasteiger partial charge in [-0.15, -0.1) is 0 Å². The van der Waals surface area contributed by atoms with Crippen LogP contribution in [0, 0.1) is 11.6 Å². The van der Waals surface area contributed by atoms with E-state index < -0.39 is 11.6 Å². The van der Waals surface area contributed by atoms with E-state index in [0.29, 0.717) is 22.6 Å². The van der Waals surface area contributed by atoms with Gasteiger partial charge in [0.15, 0.2) is 5.82 Å². The quantitative estimate of drug-likeness (QED) is 0.751. The van der Waals surface area contributed by atoms with E-state index >= 15 is 0 Å². The number of nitrogens with two attached hydrogens (primary N) is 1. The summed E-state index contributed by atoms with van der Waals surface area (Å²) in [5, 5.41) is 3.79. The second-order valence-corrected chi connectivity index (χ2v) is 4.52. The van der Waals surface area contributed by atoms with E-state index in [1.807, 2.05) is 0 Å². The van der Waals surface area contributed by atoms with Crippen molar-refractivity contribution in [3.05, 3.63) is 65.5 Å². The fraction of sp³-hybridized carbons (Fsp3) is 0.0667. The normalized spacial score (nSPS) is 10.8. The first kappa shape index (κ1) is 13.2. The third kappa shape index (κ3) is 2.74. The van der Waals surface area contributed by atoms with E-state index in [0.717, 1.165) is 6.07 Å². The molecule has 0 saturated carbocycles. The van der Waals surface area contributed by atoms with E-state index in [4.69, 9.17) is 10.3 Å². The Morgan fingerprint density at radius 1 is 1.10 bits per heavy atom. The minimum absolute atomic E-state index is 0.113. The molecule has 21 heavy (non-hydrogen) atoms.